The molecule has 0 radical (unpaired) electrons. The van der Waals surface area contributed by atoms with Gasteiger partial charge in [0.05, 0.1) is 30.8 Å². The van der Waals surface area contributed by atoms with Crippen LogP contribution in [0.5, 0.6) is 11.5 Å². The highest BCUT2D eigenvalue weighted by atomic mass is 35.5. The summed E-state index contributed by atoms with van der Waals surface area (Å²) in [6.45, 7) is 1.37. The number of nitrogens with one attached hydrogen (secondary N) is 1. The van der Waals surface area contributed by atoms with Gasteiger partial charge in [-0.2, -0.15) is 0 Å². The summed E-state index contributed by atoms with van der Waals surface area (Å²) in [6, 6.07) is 9.66. The van der Waals surface area contributed by atoms with Crippen LogP contribution in [-0.4, -0.2) is 32.7 Å². The third-order valence-electron chi connectivity index (χ3n) is 3.73. The van der Waals surface area contributed by atoms with Gasteiger partial charge in [0.2, 0.25) is 0 Å². The highest BCUT2D eigenvalue weighted by molar-refractivity contribution is 6.32. The maximum atomic E-state index is 12.2. The molecule has 0 bridgehead atoms. The lowest BCUT2D eigenvalue weighted by Crippen LogP contribution is -2.31. The molecule has 6 nitrogen and oxygen atoms in total. The molecule has 0 aromatic heterocycles. The van der Waals surface area contributed by atoms with Crippen molar-refractivity contribution in [1.82, 2.24) is 5.32 Å². The van der Waals surface area contributed by atoms with E-state index in [1.807, 2.05) is 6.07 Å². The lowest BCUT2D eigenvalue weighted by Gasteiger charge is -2.15. The minimum atomic E-state index is -0.705. The zero-order chi connectivity index (χ0) is 20.0. The summed E-state index contributed by atoms with van der Waals surface area (Å²) in [6.07, 6.45) is 0. The van der Waals surface area contributed by atoms with Gasteiger partial charge in [-0.05, 0) is 36.8 Å². The quantitative estimate of drug-likeness (QED) is 0.695. The Balaban J connectivity index is 1.97. The van der Waals surface area contributed by atoms with E-state index in [4.69, 9.17) is 37.4 Å². The number of esters is 1. The van der Waals surface area contributed by atoms with Gasteiger partial charge in [-0.1, -0.05) is 35.3 Å². The zero-order valence-corrected chi connectivity index (χ0v) is 16.6. The van der Waals surface area contributed by atoms with Crippen molar-refractivity contribution in [3.05, 3.63) is 57.6 Å². The SMILES string of the molecule is COc1cc(C(=O)OCC(=O)N[C@H](C)c2cccc(Cl)c2)cc(Cl)c1OC. The maximum absolute atomic E-state index is 12.2. The molecule has 1 N–H and O–H groups in total. The van der Waals surface area contributed by atoms with Gasteiger partial charge in [0.15, 0.2) is 18.1 Å². The molecule has 0 saturated carbocycles. The van der Waals surface area contributed by atoms with Gasteiger partial charge in [0, 0.05) is 5.02 Å². The monoisotopic (exact) mass is 411 g/mol. The van der Waals surface area contributed by atoms with Crippen molar-refractivity contribution in [3.8, 4) is 11.5 Å². The lowest BCUT2D eigenvalue weighted by atomic mass is 10.1. The standard InChI is InChI=1S/C19H19Cl2NO5/c1-11(12-5-4-6-14(20)7-12)22-17(23)10-27-19(24)13-8-15(21)18(26-3)16(9-13)25-2/h4-9,11H,10H2,1-3H3,(H,22,23)/t11-/m1/s1. The highest BCUT2D eigenvalue weighted by Crippen LogP contribution is 2.36. The number of hydrogen-bond acceptors (Lipinski definition) is 5. The van der Waals surface area contributed by atoms with E-state index in [2.05, 4.69) is 5.32 Å². The number of halogens is 2. The first-order valence-electron chi connectivity index (χ1n) is 7.99. The molecule has 1 amide bonds. The molecule has 27 heavy (non-hydrogen) atoms. The van der Waals surface area contributed by atoms with E-state index in [1.54, 1.807) is 25.1 Å². The molecule has 0 aliphatic heterocycles. The Morgan fingerprint density at radius 2 is 1.85 bits per heavy atom. The summed E-state index contributed by atoms with van der Waals surface area (Å²) in [7, 11) is 2.86. The van der Waals surface area contributed by atoms with E-state index in [9.17, 15) is 9.59 Å². The van der Waals surface area contributed by atoms with Crippen LogP contribution >= 0.6 is 23.2 Å². The molecule has 0 aliphatic carbocycles. The van der Waals surface area contributed by atoms with Gasteiger partial charge in [-0.15, -0.1) is 0 Å². The molecule has 8 heteroatoms. The number of methoxy groups -OCH3 is 2. The number of carbonyl (C=O) groups is 2. The maximum Gasteiger partial charge on any atom is 0.338 e. The van der Waals surface area contributed by atoms with Gasteiger partial charge < -0.3 is 19.5 Å². The first-order chi connectivity index (χ1) is 12.8. The first-order valence-corrected chi connectivity index (χ1v) is 8.74. The predicted molar refractivity (Wildman–Crippen MR) is 103 cm³/mol. The summed E-state index contributed by atoms with van der Waals surface area (Å²) in [5, 5.41) is 3.51. The van der Waals surface area contributed by atoms with Crippen molar-refractivity contribution in [1.29, 1.82) is 0 Å². The Kier molecular flexibility index (Phi) is 7.33. The second-order valence-corrected chi connectivity index (χ2v) is 6.46. The van der Waals surface area contributed by atoms with E-state index in [-0.39, 0.29) is 22.4 Å². The fraction of sp³-hybridized carbons (Fsp3) is 0.263. The van der Waals surface area contributed by atoms with E-state index >= 15 is 0 Å². The summed E-state index contributed by atoms with van der Waals surface area (Å²) >= 11 is 12.0. The average Bonchev–Trinajstić information content (AvgIpc) is 2.65. The molecular formula is C19H19Cl2NO5. The average molecular weight is 412 g/mol. The van der Waals surface area contributed by atoms with Crippen molar-refractivity contribution >= 4 is 35.1 Å². The van der Waals surface area contributed by atoms with Crippen molar-refractivity contribution in [2.45, 2.75) is 13.0 Å². The summed E-state index contributed by atoms with van der Waals surface area (Å²) in [5.74, 6) is -0.550. The van der Waals surface area contributed by atoms with Crippen LogP contribution < -0.4 is 14.8 Å². The zero-order valence-electron chi connectivity index (χ0n) is 15.0. The minimum absolute atomic E-state index is 0.147. The second kappa shape index (κ2) is 9.48. The van der Waals surface area contributed by atoms with Gasteiger partial charge in [0.1, 0.15) is 0 Å². The van der Waals surface area contributed by atoms with Gasteiger partial charge in [-0.3, -0.25) is 4.79 Å². The van der Waals surface area contributed by atoms with Crippen LogP contribution in [0, 0.1) is 0 Å². The number of rotatable bonds is 7. The number of benzene rings is 2. The van der Waals surface area contributed by atoms with E-state index in [1.165, 1.54) is 26.4 Å². The summed E-state index contributed by atoms with van der Waals surface area (Å²) < 4.78 is 15.3. The lowest BCUT2D eigenvalue weighted by molar-refractivity contribution is -0.124. The molecule has 2 aromatic carbocycles. The molecule has 0 spiro atoms. The minimum Gasteiger partial charge on any atom is -0.493 e. The van der Waals surface area contributed by atoms with Gasteiger partial charge in [0.25, 0.3) is 5.91 Å². The topological polar surface area (TPSA) is 73.9 Å². The fourth-order valence-electron chi connectivity index (χ4n) is 2.39. The normalized spacial score (nSPS) is 11.4. The van der Waals surface area contributed by atoms with E-state index < -0.39 is 18.5 Å². The number of ether oxygens (including phenoxy) is 3. The highest BCUT2D eigenvalue weighted by Gasteiger charge is 2.18. The summed E-state index contributed by atoms with van der Waals surface area (Å²) in [5.41, 5.74) is 0.988. The Morgan fingerprint density at radius 1 is 1.11 bits per heavy atom. The Morgan fingerprint density at radius 3 is 2.48 bits per heavy atom. The molecule has 0 fully saturated rings. The molecule has 0 heterocycles. The van der Waals surface area contributed by atoms with Crippen molar-refractivity contribution in [2.24, 2.45) is 0 Å². The molecule has 0 aliphatic rings. The van der Waals surface area contributed by atoms with Gasteiger partial charge >= 0.3 is 5.97 Å². The van der Waals surface area contributed by atoms with E-state index in [0.29, 0.717) is 10.8 Å². The van der Waals surface area contributed by atoms with Crippen LogP contribution in [-0.2, 0) is 9.53 Å². The fourth-order valence-corrected chi connectivity index (χ4v) is 2.88. The van der Waals surface area contributed by atoms with Crippen LogP contribution in [0.3, 0.4) is 0 Å². The Labute approximate surface area is 167 Å². The van der Waals surface area contributed by atoms with Crippen molar-refractivity contribution < 1.29 is 23.8 Å². The third kappa shape index (κ3) is 5.52. The molecule has 1 atom stereocenters. The molecule has 0 saturated heterocycles. The Hall–Kier alpha value is -2.44. The van der Waals surface area contributed by atoms with Crippen LogP contribution in [0.2, 0.25) is 10.0 Å². The second-order valence-electron chi connectivity index (χ2n) is 5.61. The van der Waals surface area contributed by atoms with Crippen LogP contribution in [0.25, 0.3) is 0 Å². The predicted octanol–water partition coefficient (Wildman–Crippen LogP) is 4.04. The van der Waals surface area contributed by atoms with Gasteiger partial charge in [-0.25, -0.2) is 4.79 Å². The molecule has 2 aromatic rings. The number of amides is 1. The van der Waals surface area contributed by atoms with E-state index in [0.717, 1.165) is 5.56 Å². The number of hydrogen-bond donors (Lipinski definition) is 1. The van der Waals surface area contributed by atoms with Crippen LogP contribution in [0.4, 0.5) is 0 Å². The van der Waals surface area contributed by atoms with Crippen molar-refractivity contribution in [3.63, 3.8) is 0 Å². The van der Waals surface area contributed by atoms with Crippen molar-refractivity contribution in [2.75, 3.05) is 20.8 Å². The molecule has 144 valence electrons. The summed E-state index contributed by atoms with van der Waals surface area (Å²) in [4.78, 5) is 24.2. The van der Waals surface area contributed by atoms with Crippen LogP contribution in [0.1, 0.15) is 28.9 Å². The largest absolute Gasteiger partial charge is 0.493 e. The smallest absolute Gasteiger partial charge is 0.338 e. The first kappa shape index (κ1) is 20.9. The van der Waals surface area contributed by atoms with Crippen LogP contribution in [0.15, 0.2) is 36.4 Å². The third-order valence-corrected chi connectivity index (χ3v) is 4.25. The molecule has 2 rings (SSSR count). The molecular weight excluding hydrogens is 393 g/mol. The number of carbonyl (C=O) groups excluding carboxylic acids is 2. The molecule has 0 unspecified atom stereocenters. The Bertz CT molecular complexity index is 841.